The number of thiophene rings is 1. The highest BCUT2D eigenvalue weighted by molar-refractivity contribution is 7.90. The molecule has 3 atom stereocenters. The number of sulfonamides is 1. The quantitative estimate of drug-likeness (QED) is 0.0842. The number of amides is 2. The molecule has 1 saturated heterocycles. The SMILES string of the molecule is C=CC1CC1(NC(=O)[C@@H]1CCCN1C)C(=C)NS(=O)(=O)C1CC1.C=NC(=C)c1sc2ccccc2c1Cl.CC(C)C.CCC1CC1.O=CCNC=O. The summed E-state index contributed by atoms with van der Waals surface area (Å²) >= 11 is 7.78. The largest absolute Gasteiger partial charge is 0.352 e. The first-order chi connectivity index (χ1) is 24.6. The average molecular weight is 777 g/mol. The highest BCUT2D eigenvalue weighted by atomic mass is 35.5. The van der Waals surface area contributed by atoms with E-state index in [1.54, 1.807) is 17.4 Å². The van der Waals surface area contributed by atoms with Crippen LogP contribution in [0.2, 0.25) is 5.02 Å². The zero-order chi connectivity index (χ0) is 39.1. The van der Waals surface area contributed by atoms with Gasteiger partial charge in [0, 0.05) is 21.7 Å². The summed E-state index contributed by atoms with van der Waals surface area (Å²) in [5.74, 6) is 1.93. The van der Waals surface area contributed by atoms with E-state index in [-0.39, 0.29) is 29.7 Å². The van der Waals surface area contributed by atoms with Gasteiger partial charge in [-0.05, 0) is 70.3 Å². The first-order valence-electron chi connectivity index (χ1n) is 17.9. The van der Waals surface area contributed by atoms with Crippen LogP contribution < -0.4 is 15.4 Å². The summed E-state index contributed by atoms with van der Waals surface area (Å²) in [5, 5.41) is 6.66. The normalized spacial score (nSPS) is 21.5. The molecule has 0 radical (unpaired) electrons. The van der Waals surface area contributed by atoms with Crippen LogP contribution in [0.15, 0.2) is 60.8 Å². The highest BCUT2D eigenvalue weighted by Gasteiger charge is 2.57. The number of rotatable bonds is 13. The number of carbonyl (C=O) groups excluding carboxylic acids is 3. The minimum absolute atomic E-state index is 0.0209. The second-order valence-electron chi connectivity index (χ2n) is 14.1. The lowest BCUT2D eigenvalue weighted by Gasteiger charge is -2.26. The summed E-state index contributed by atoms with van der Waals surface area (Å²) in [4.78, 5) is 38.0. The molecule has 13 heteroatoms. The van der Waals surface area contributed by atoms with Crippen molar-refractivity contribution in [2.24, 2.45) is 22.7 Å². The van der Waals surface area contributed by atoms with Crippen molar-refractivity contribution >= 4 is 74.1 Å². The van der Waals surface area contributed by atoms with Gasteiger partial charge in [0.2, 0.25) is 22.3 Å². The summed E-state index contributed by atoms with van der Waals surface area (Å²) in [6.07, 6.45) is 11.2. The molecule has 2 heterocycles. The number of hydrogen-bond acceptors (Lipinski definition) is 8. The summed E-state index contributed by atoms with van der Waals surface area (Å²) in [7, 11) is -1.44. The molecule has 0 spiro atoms. The lowest BCUT2D eigenvalue weighted by atomic mass is 10.1. The number of likely N-dealkylation sites (N-methyl/N-ethyl adjacent to an activating group) is 1. The van der Waals surface area contributed by atoms with Gasteiger partial charge in [-0.15, -0.1) is 17.9 Å². The third-order valence-electron chi connectivity index (χ3n) is 8.78. The second-order valence-corrected chi connectivity index (χ2v) is 17.5. The van der Waals surface area contributed by atoms with E-state index in [0.717, 1.165) is 51.2 Å². The molecule has 4 fully saturated rings. The van der Waals surface area contributed by atoms with Crippen LogP contribution in [0.5, 0.6) is 0 Å². The van der Waals surface area contributed by atoms with Crippen molar-refractivity contribution in [1.29, 1.82) is 0 Å². The van der Waals surface area contributed by atoms with Crippen LogP contribution in [0, 0.1) is 17.8 Å². The van der Waals surface area contributed by atoms with E-state index >= 15 is 0 Å². The fraction of sp³-hybridized carbons (Fsp3) is 0.538. The molecule has 1 aromatic carbocycles. The van der Waals surface area contributed by atoms with Crippen molar-refractivity contribution in [1.82, 2.24) is 20.3 Å². The molecule has 52 heavy (non-hydrogen) atoms. The number of fused-ring (bicyclic) bond motifs is 1. The Hall–Kier alpha value is -3.32. The lowest BCUT2D eigenvalue weighted by molar-refractivity contribution is -0.125. The van der Waals surface area contributed by atoms with E-state index in [4.69, 9.17) is 11.6 Å². The van der Waals surface area contributed by atoms with Crippen LogP contribution in [0.4, 0.5) is 0 Å². The first kappa shape index (κ1) is 44.8. The van der Waals surface area contributed by atoms with E-state index in [2.05, 4.69) is 74.5 Å². The third-order valence-corrected chi connectivity index (χ3v) is 12.4. The zero-order valence-electron chi connectivity index (χ0n) is 31.5. The van der Waals surface area contributed by atoms with Gasteiger partial charge in [0.1, 0.15) is 6.29 Å². The molecule has 3 N–H and O–H groups in total. The van der Waals surface area contributed by atoms with Crippen molar-refractivity contribution in [2.75, 3.05) is 20.1 Å². The minimum Gasteiger partial charge on any atom is -0.352 e. The summed E-state index contributed by atoms with van der Waals surface area (Å²) in [6.45, 7) is 24.7. The standard InChI is InChI=1S/C16H25N3O3S.C11H8ClNS.C5H10.C4H10.C3H5NO2/c1-4-12-10-16(12,11(2)18-23(21,22)13-7-8-13)17-15(20)14-6-5-9-19(14)3;1-7(13-2)11-10(12)8-5-3-4-6-9(8)14-11;1-2-5-3-4-5;1-4(2)3;5-2-1-4-3-6/h4,12-14,18H,1-2,5-10H2,3H3,(H,17,20);3-6H,1-2H2;5H,2-4H2,1H3;4H,1-3H3;2-3H,1H2,(H,4,6)/t12?,14-,16?;;;;/m0..../s1. The topological polar surface area (TPSA) is 137 Å². The smallest absolute Gasteiger partial charge is 0.238 e. The third kappa shape index (κ3) is 13.9. The van der Waals surface area contributed by atoms with Gasteiger partial charge in [0.15, 0.2) is 0 Å². The molecule has 1 aromatic heterocycles. The first-order valence-corrected chi connectivity index (χ1v) is 20.7. The Kier molecular flexibility index (Phi) is 18.5. The minimum atomic E-state index is -3.37. The van der Waals surface area contributed by atoms with Gasteiger partial charge in [-0.25, -0.2) is 8.42 Å². The van der Waals surface area contributed by atoms with Gasteiger partial charge in [-0.3, -0.25) is 24.2 Å². The van der Waals surface area contributed by atoms with Gasteiger partial charge >= 0.3 is 0 Å². The lowest BCUT2D eigenvalue weighted by Crippen LogP contribution is -2.51. The van der Waals surface area contributed by atoms with Gasteiger partial charge < -0.3 is 15.4 Å². The fourth-order valence-electron chi connectivity index (χ4n) is 5.30. The Morgan fingerprint density at radius 3 is 2.17 bits per heavy atom. The number of nitrogens with zero attached hydrogens (tertiary/aromatic N) is 2. The Bertz CT molecular complexity index is 1640. The molecular weight excluding hydrogens is 718 g/mol. The number of aliphatic imine (C=N–C) groups is 1. The number of hydrogen-bond donors (Lipinski definition) is 3. The number of nitrogens with one attached hydrogen (secondary N) is 3. The van der Waals surface area contributed by atoms with Gasteiger partial charge in [0.05, 0.1) is 39.0 Å². The summed E-state index contributed by atoms with van der Waals surface area (Å²) in [6, 6.07) is 7.84. The molecule has 2 amide bonds. The molecular formula is C39H58ClN5O5S2. The molecule has 4 aliphatic rings. The fourth-order valence-corrected chi connectivity index (χ4v) is 8.22. The van der Waals surface area contributed by atoms with Crippen molar-refractivity contribution < 1.29 is 22.8 Å². The van der Waals surface area contributed by atoms with Crippen LogP contribution in [0.1, 0.15) is 83.9 Å². The van der Waals surface area contributed by atoms with E-state index in [0.29, 0.717) is 43.4 Å². The number of carbonyl (C=O) groups is 3. The zero-order valence-corrected chi connectivity index (χ0v) is 33.8. The molecule has 3 saturated carbocycles. The number of likely N-dealkylation sites (tertiary alicyclic amines) is 1. The van der Waals surface area contributed by atoms with Crippen molar-refractivity contribution in [3.63, 3.8) is 0 Å². The van der Waals surface area contributed by atoms with Gasteiger partial charge in [-0.2, -0.15) is 0 Å². The van der Waals surface area contributed by atoms with Gasteiger partial charge in [-0.1, -0.05) is 96.0 Å². The van der Waals surface area contributed by atoms with Gasteiger partial charge in [0.25, 0.3) is 0 Å². The van der Waals surface area contributed by atoms with E-state index in [9.17, 15) is 22.8 Å². The Labute approximate surface area is 320 Å². The molecule has 6 rings (SSSR count). The van der Waals surface area contributed by atoms with E-state index in [1.807, 2.05) is 36.2 Å². The molecule has 2 aromatic rings. The molecule has 10 nitrogen and oxygen atoms in total. The monoisotopic (exact) mass is 775 g/mol. The predicted octanol–water partition coefficient (Wildman–Crippen LogP) is 7.36. The van der Waals surface area contributed by atoms with Crippen LogP contribution in [-0.2, 0) is 24.4 Å². The molecule has 288 valence electrons. The van der Waals surface area contributed by atoms with Crippen LogP contribution in [-0.4, -0.2) is 75.6 Å². The van der Waals surface area contributed by atoms with E-state index in [1.165, 1.54) is 19.3 Å². The summed E-state index contributed by atoms with van der Waals surface area (Å²) < 4.78 is 28.0. The maximum atomic E-state index is 12.6. The van der Waals surface area contributed by atoms with Crippen molar-refractivity contribution in [3.8, 4) is 0 Å². The van der Waals surface area contributed by atoms with Crippen LogP contribution in [0.25, 0.3) is 15.8 Å². The highest BCUT2D eigenvalue weighted by Crippen LogP contribution is 2.49. The van der Waals surface area contributed by atoms with E-state index < -0.39 is 15.6 Å². The maximum Gasteiger partial charge on any atom is 0.238 e. The molecule has 2 unspecified atom stereocenters. The predicted molar refractivity (Wildman–Crippen MR) is 218 cm³/mol. The number of aldehydes is 1. The maximum absolute atomic E-state index is 12.6. The molecule has 3 aliphatic carbocycles. The van der Waals surface area contributed by atoms with Crippen LogP contribution in [0.3, 0.4) is 0 Å². The van der Waals surface area contributed by atoms with Crippen LogP contribution >= 0.6 is 22.9 Å². The number of benzene rings is 1. The average Bonchev–Trinajstić information content (AvgIpc) is 4.03. The Morgan fingerprint density at radius 2 is 1.77 bits per heavy atom. The van der Waals surface area contributed by atoms with Crippen molar-refractivity contribution in [3.05, 3.63) is 65.7 Å². The Balaban J connectivity index is 0.000000271. The molecule has 0 bridgehead atoms. The van der Waals surface area contributed by atoms with Crippen molar-refractivity contribution in [2.45, 2.75) is 95.9 Å². The molecule has 1 aliphatic heterocycles. The number of halogens is 1. The summed E-state index contributed by atoms with van der Waals surface area (Å²) in [5.41, 5.74) is 0.282. The Morgan fingerprint density at radius 1 is 1.13 bits per heavy atom. The second kappa shape index (κ2) is 21.4.